The van der Waals surface area contributed by atoms with E-state index < -0.39 is 5.92 Å². The second kappa shape index (κ2) is 7.43. The van der Waals surface area contributed by atoms with Gasteiger partial charge in [0.05, 0.1) is 6.61 Å². The monoisotopic (exact) mass is 214 g/mol. The van der Waals surface area contributed by atoms with Crippen molar-refractivity contribution in [2.24, 2.45) is 11.8 Å². The van der Waals surface area contributed by atoms with Gasteiger partial charge in [-0.1, -0.05) is 20.8 Å². The van der Waals surface area contributed by atoms with Gasteiger partial charge >= 0.3 is 5.97 Å². The number of hydrogen-bond acceptors (Lipinski definition) is 3. The first-order valence-corrected chi connectivity index (χ1v) is 5.72. The molecule has 1 unspecified atom stereocenters. The van der Waals surface area contributed by atoms with Gasteiger partial charge in [-0.2, -0.15) is 0 Å². The third-order valence-corrected chi connectivity index (χ3v) is 2.34. The minimum Gasteiger partial charge on any atom is -0.465 e. The van der Waals surface area contributed by atoms with Gasteiger partial charge in [-0.05, 0) is 25.7 Å². The van der Waals surface area contributed by atoms with Crippen LogP contribution in [0.2, 0.25) is 0 Å². The van der Waals surface area contributed by atoms with Gasteiger partial charge in [-0.25, -0.2) is 0 Å². The maximum absolute atomic E-state index is 11.7. The molecule has 0 saturated heterocycles. The van der Waals surface area contributed by atoms with E-state index in [9.17, 15) is 9.59 Å². The topological polar surface area (TPSA) is 43.4 Å². The van der Waals surface area contributed by atoms with Gasteiger partial charge in [0.25, 0.3) is 0 Å². The van der Waals surface area contributed by atoms with Crippen LogP contribution in [0.15, 0.2) is 0 Å². The summed E-state index contributed by atoms with van der Waals surface area (Å²) >= 11 is 0. The fourth-order valence-corrected chi connectivity index (χ4v) is 1.37. The molecule has 1 atom stereocenters. The zero-order valence-corrected chi connectivity index (χ0v) is 10.2. The largest absolute Gasteiger partial charge is 0.465 e. The molecule has 0 aromatic heterocycles. The summed E-state index contributed by atoms with van der Waals surface area (Å²) in [5.74, 6) is -0.407. The lowest BCUT2D eigenvalue weighted by molar-refractivity contribution is -0.151. The summed E-state index contributed by atoms with van der Waals surface area (Å²) in [5.41, 5.74) is 0. The van der Waals surface area contributed by atoms with Gasteiger partial charge in [0, 0.05) is 6.42 Å². The first-order valence-electron chi connectivity index (χ1n) is 5.72. The molecule has 0 radical (unpaired) electrons. The van der Waals surface area contributed by atoms with Crippen LogP contribution in [0.25, 0.3) is 0 Å². The van der Waals surface area contributed by atoms with Crippen molar-refractivity contribution in [3.05, 3.63) is 0 Å². The predicted molar refractivity (Wildman–Crippen MR) is 59.5 cm³/mol. The Labute approximate surface area is 92.2 Å². The summed E-state index contributed by atoms with van der Waals surface area (Å²) in [4.78, 5) is 23.1. The Morgan fingerprint density at radius 1 is 1.20 bits per heavy atom. The van der Waals surface area contributed by atoms with E-state index in [4.69, 9.17) is 4.74 Å². The summed E-state index contributed by atoms with van der Waals surface area (Å²) < 4.78 is 4.86. The van der Waals surface area contributed by atoms with Crippen molar-refractivity contribution in [2.45, 2.75) is 47.0 Å². The number of esters is 1. The average molecular weight is 214 g/mol. The van der Waals surface area contributed by atoms with Crippen molar-refractivity contribution in [1.82, 2.24) is 0 Å². The maximum Gasteiger partial charge on any atom is 0.316 e. The quantitative estimate of drug-likeness (QED) is 0.483. The molecule has 0 N–H and O–H groups in total. The van der Waals surface area contributed by atoms with Crippen LogP contribution in [0, 0.1) is 11.8 Å². The molecular formula is C12H22O3. The van der Waals surface area contributed by atoms with Crippen molar-refractivity contribution < 1.29 is 14.3 Å². The highest BCUT2D eigenvalue weighted by molar-refractivity contribution is 5.98. The number of carbonyl (C=O) groups is 2. The van der Waals surface area contributed by atoms with Crippen molar-refractivity contribution in [2.75, 3.05) is 6.61 Å². The minimum atomic E-state index is -0.552. The second-order valence-electron chi connectivity index (χ2n) is 4.11. The molecule has 0 heterocycles. The third-order valence-electron chi connectivity index (χ3n) is 2.34. The number of hydrogen-bond donors (Lipinski definition) is 0. The Bertz CT molecular complexity index is 209. The molecule has 0 amide bonds. The maximum atomic E-state index is 11.7. The fraction of sp³-hybridized carbons (Fsp3) is 0.833. The highest BCUT2D eigenvalue weighted by Crippen LogP contribution is 2.13. The van der Waals surface area contributed by atoms with Crippen molar-refractivity contribution in [3.8, 4) is 0 Å². The van der Waals surface area contributed by atoms with Gasteiger partial charge in [-0.15, -0.1) is 0 Å². The predicted octanol–water partition coefficient (Wildman–Crippen LogP) is 2.58. The van der Waals surface area contributed by atoms with Gasteiger partial charge < -0.3 is 4.74 Å². The minimum absolute atomic E-state index is 0.0182. The van der Waals surface area contributed by atoms with E-state index in [-0.39, 0.29) is 11.8 Å². The van der Waals surface area contributed by atoms with E-state index in [2.05, 4.69) is 13.8 Å². The van der Waals surface area contributed by atoms with Crippen LogP contribution in [-0.4, -0.2) is 18.4 Å². The summed E-state index contributed by atoms with van der Waals surface area (Å²) in [5, 5.41) is 0. The number of Topliss-reactive ketones (excluding diaryl/α,β-unsaturated/α-hetero) is 1. The van der Waals surface area contributed by atoms with Gasteiger partial charge in [0.2, 0.25) is 0 Å². The van der Waals surface area contributed by atoms with Crippen LogP contribution >= 0.6 is 0 Å². The highest BCUT2D eigenvalue weighted by atomic mass is 16.5. The van der Waals surface area contributed by atoms with Crippen LogP contribution in [0.3, 0.4) is 0 Å². The Kier molecular flexibility index (Phi) is 7.01. The van der Waals surface area contributed by atoms with Gasteiger partial charge in [-0.3, -0.25) is 9.59 Å². The highest BCUT2D eigenvalue weighted by Gasteiger charge is 2.25. The Morgan fingerprint density at radius 2 is 1.80 bits per heavy atom. The van der Waals surface area contributed by atoms with Gasteiger partial charge in [0.15, 0.2) is 0 Å². The Balaban J connectivity index is 4.15. The van der Waals surface area contributed by atoms with Crippen molar-refractivity contribution in [1.29, 1.82) is 0 Å². The molecule has 0 aliphatic carbocycles. The normalized spacial score (nSPS) is 12.6. The lowest BCUT2D eigenvalue weighted by Gasteiger charge is -2.12. The third kappa shape index (κ3) is 5.55. The van der Waals surface area contributed by atoms with E-state index in [1.807, 2.05) is 6.92 Å². The standard InChI is InChI=1S/C12H22O3/c1-5-10(12(14)15-6-2)11(13)8-7-9(3)4/h9-10H,5-8H2,1-4H3. The SMILES string of the molecule is CCOC(=O)C(CC)C(=O)CCC(C)C. The molecule has 0 rings (SSSR count). The first-order chi connectivity index (χ1) is 7.02. The fourth-order valence-electron chi connectivity index (χ4n) is 1.37. The molecule has 0 aliphatic rings. The molecule has 3 nitrogen and oxygen atoms in total. The average Bonchev–Trinajstić information content (AvgIpc) is 2.16. The molecule has 0 fully saturated rings. The molecular weight excluding hydrogens is 192 g/mol. The molecule has 0 spiro atoms. The van der Waals surface area contributed by atoms with E-state index in [0.717, 1.165) is 6.42 Å². The van der Waals surface area contributed by atoms with Crippen LogP contribution < -0.4 is 0 Å². The number of ketones is 1. The number of rotatable bonds is 7. The van der Waals surface area contributed by atoms with E-state index in [1.165, 1.54) is 0 Å². The zero-order valence-electron chi connectivity index (χ0n) is 10.2. The lowest BCUT2D eigenvalue weighted by atomic mass is 9.95. The van der Waals surface area contributed by atoms with Crippen molar-refractivity contribution in [3.63, 3.8) is 0 Å². The van der Waals surface area contributed by atoms with Crippen LogP contribution in [0.4, 0.5) is 0 Å². The Morgan fingerprint density at radius 3 is 2.20 bits per heavy atom. The van der Waals surface area contributed by atoms with Crippen LogP contribution in [0.1, 0.15) is 47.0 Å². The molecule has 15 heavy (non-hydrogen) atoms. The number of ether oxygens (including phenoxy) is 1. The molecule has 88 valence electrons. The molecule has 3 heteroatoms. The first kappa shape index (κ1) is 14.1. The zero-order chi connectivity index (χ0) is 11.8. The molecule has 0 aromatic carbocycles. The van der Waals surface area contributed by atoms with Crippen LogP contribution in [-0.2, 0) is 14.3 Å². The van der Waals surface area contributed by atoms with E-state index >= 15 is 0 Å². The molecule has 0 aromatic rings. The summed E-state index contributed by atoms with van der Waals surface area (Å²) in [7, 11) is 0. The summed E-state index contributed by atoms with van der Waals surface area (Å²) in [6.45, 7) is 8.07. The summed E-state index contributed by atoms with van der Waals surface area (Å²) in [6, 6.07) is 0. The lowest BCUT2D eigenvalue weighted by Crippen LogP contribution is -2.25. The number of carbonyl (C=O) groups excluding carboxylic acids is 2. The van der Waals surface area contributed by atoms with Crippen LogP contribution in [0.5, 0.6) is 0 Å². The molecule has 0 bridgehead atoms. The summed E-state index contributed by atoms with van der Waals surface area (Å²) in [6.07, 6.45) is 1.86. The van der Waals surface area contributed by atoms with E-state index in [0.29, 0.717) is 25.4 Å². The Hall–Kier alpha value is -0.860. The molecule has 0 aliphatic heterocycles. The second-order valence-corrected chi connectivity index (χ2v) is 4.11. The molecule has 0 saturated carbocycles. The smallest absolute Gasteiger partial charge is 0.316 e. The van der Waals surface area contributed by atoms with Gasteiger partial charge in [0.1, 0.15) is 11.7 Å². The van der Waals surface area contributed by atoms with Crippen molar-refractivity contribution >= 4 is 11.8 Å². The van der Waals surface area contributed by atoms with E-state index in [1.54, 1.807) is 6.92 Å².